The van der Waals surface area contributed by atoms with E-state index in [0.717, 1.165) is 0 Å². The van der Waals surface area contributed by atoms with E-state index in [0.29, 0.717) is 26.6 Å². The van der Waals surface area contributed by atoms with Crippen molar-refractivity contribution in [1.82, 2.24) is 9.55 Å². The maximum Gasteiger partial charge on any atom is 0.358 e. The minimum absolute atomic E-state index is 0.0152. The standard InChI is InChI=1S/C26H26BrF2N3O3S/c1-15(2)19(23(34)35-25(3,4)5)12-21(33)26(28,29)36-24-31-14-22(27)32(24)20-11-10-16(13-30)17-8-6-7-9-18(17)20/h6-11,14-15,19H,12H2,1-5H3/t19-/m0/s1. The summed E-state index contributed by atoms with van der Waals surface area (Å²) in [5, 5.41) is 6.80. The molecule has 10 heteroatoms. The third kappa shape index (κ3) is 6.13. The van der Waals surface area contributed by atoms with Crippen LogP contribution in [0.15, 0.2) is 52.4 Å². The van der Waals surface area contributed by atoms with Crippen molar-refractivity contribution >= 4 is 50.2 Å². The Bertz CT molecular complexity index is 1340. The Hall–Kier alpha value is -2.77. The Kier molecular flexibility index (Phi) is 8.26. The van der Waals surface area contributed by atoms with Crippen LogP contribution >= 0.6 is 27.7 Å². The normalized spacial score (nSPS) is 13.0. The Balaban J connectivity index is 1.93. The van der Waals surface area contributed by atoms with E-state index in [-0.39, 0.29) is 22.8 Å². The molecule has 0 bridgehead atoms. The zero-order valence-corrected chi connectivity index (χ0v) is 22.9. The van der Waals surface area contributed by atoms with Gasteiger partial charge in [-0.2, -0.15) is 14.0 Å². The number of hydrogen-bond acceptors (Lipinski definition) is 6. The highest BCUT2D eigenvalue weighted by molar-refractivity contribution is 9.10. The molecule has 0 saturated heterocycles. The lowest BCUT2D eigenvalue weighted by molar-refractivity contribution is -0.163. The van der Waals surface area contributed by atoms with E-state index in [1.807, 2.05) is 0 Å². The molecule has 0 radical (unpaired) electrons. The topological polar surface area (TPSA) is 85.0 Å². The molecule has 6 nitrogen and oxygen atoms in total. The summed E-state index contributed by atoms with van der Waals surface area (Å²) in [5.41, 5.74) is 0.168. The maximum absolute atomic E-state index is 15.2. The number of carbonyl (C=O) groups is 2. The van der Waals surface area contributed by atoms with Crippen LogP contribution in [0, 0.1) is 23.2 Å². The zero-order valence-electron chi connectivity index (χ0n) is 20.5. The van der Waals surface area contributed by atoms with E-state index in [2.05, 4.69) is 27.0 Å². The van der Waals surface area contributed by atoms with E-state index >= 15 is 8.78 Å². The van der Waals surface area contributed by atoms with Gasteiger partial charge in [-0.15, -0.1) is 0 Å². The van der Waals surface area contributed by atoms with Crippen molar-refractivity contribution in [3.8, 4) is 11.8 Å². The predicted molar refractivity (Wildman–Crippen MR) is 138 cm³/mol. The summed E-state index contributed by atoms with van der Waals surface area (Å²) in [6.45, 7) is 8.41. The van der Waals surface area contributed by atoms with Crippen LogP contribution < -0.4 is 0 Å². The van der Waals surface area contributed by atoms with Crippen LogP contribution in [0.5, 0.6) is 0 Å². The number of imidazole rings is 1. The van der Waals surface area contributed by atoms with Crippen LogP contribution in [0.25, 0.3) is 16.5 Å². The summed E-state index contributed by atoms with van der Waals surface area (Å²) in [6, 6.07) is 12.5. The fourth-order valence-electron chi connectivity index (χ4n) is 3.64. The van der Waals surface area contributed by atoms with E-state index < -0.39 is 34.9 Å². The van der Waals surface area contributed by atoms with Crippen molar-refractivity contribution in [2.75, 3.05) is 0 Å². The molecule has 0 amide bonds. The number of ether oxygens (including phenoxy) is 1. The SMILES string of the molecule is CC(C)[C@H](CC(=O)C(F)(F)Sc1ncc(Br)n1-c1ccc(C#N)c2ccccc12)C(=O)OC(C)(C)C. The first-order valence-corrected chi connectivity index (χ1v) is 12.8. The van der Waals surface area contributed by atoms with Gasteiger partial charge in [0.1, 0.15) is 10.2 Å². The second kappa shape index (κ2) is 10.7. The third-order valence-corrected chi connectivity index (χ3v) is 6.93. The molecule has 3 rings (SSSR count). The number of alkyl halides is 2. The lowest BCUT2D eigenvalue weighted by Crippen LogP contribution is -2.35. The second-order valence-corrected chi connectivity index (χ2v) is 11.5. The first-order valence-electron chi connectivity index (χ1n) is 11.2. The molecule has 190 valence electrons. The molecule has 0 spiro atoms. The van der Waals surface area contributed by atoms with E-state index in [1.54, 1.807) is 71.0 Å². The molecule has 3 aromatic rings. The van der Waals surface area contributed by atoms with Crippen molar-refractivity contribution < 1.29 is 23.1 Å². The number of carbonyl (C=O) groups excluding carboxylic acids is 2. The number of ketones is 1. The number of thioether (sulfide) groups is 1. The zero-order chi connectivity index (χ0) is 26.8. The Morgan fingerprint density at radius 2 is 1.81 bits per heavy atom. The number of aromatic nitrogens is 2. The molecule has 0 fully saturated rings. The predicted octanol–water partition coefficient (Wildman–Crippen LogP) is 6.92. The van der Waals surface area contributed by atoms with E-state index in [4.69, 9.17) is 4.74 Å². The lowest BCUT2D eigenvalue weighted by atomic mass is 9.90. The minimum atomic E-state index is -3.85. The summed E-state index contributed by atoms with van der Waals surface area (Å²) < 4.78 is 37.6. The fraction of sp³-hybridized carbons (Fsp3) is 0.385. The van der Waals surface area contributed by atoms with Gasteiger partial charge in [-0.05, 0) is 66.5 Å². The van der Waals surface area contributed by atoms with Crippen molar-refractivity contribution in [3.05, 3.63) is 52.8 Å². The first kappa shape index (κ1) is 27.8. The van der Waals surface area contributed by atoms with Gasteiger partial charge < -0.3 is 4.74 Å². The van der Waals surface area contributed by atoms with Gasteiger partial charge in [0, 0.05) is 17.2 Å². The molecule has 0 saturated carbocycles. The summed E-state index contributed by atoms with van der Waals surface area (Å²) in [4.78, 5) is 29.4. The van der Waals surface area contributed by atoms with Gasteiger partial charge in [-0.1, -0.05) is 38.1 Å². The number of halogens is 3. The number of nitrogens with zero attached hydrogens (tertiary/aromatic N) is 3. The molecule has 1 aromatic heterocycles. The van der Waals surface area contributed by atoms with Gasteiger partial charge in [-0.25, -0.2) is 4.98 Å². The molecular weight excluding hydrogens is 552 g/mol. The number of esters is 1. The van der Waals surface area contributed by atoms with E-state index in [9.17, 15) is 14.9 Å². The van der Waals surface area contributed by atoms with Gasteiger partial charge in [0.2, 0.25) is 5.78 Å². The minimum Gasteiger partial charge on any atom is -0.460 e. The number of benzene rings is 2. The van der Waals surface area contributed by atoms with Gasteiger partial charge >= 0.3 is 11.2 Å². The maximum atomic E-state index is 15.2. The summed E-state index contributed by atoms with van der Waals surface area (Å²) in [5.74, 6) is -3.43. The molecule has 0 N–H and O–H groups in total. The lowest BCUT2D eigenvalue weighted by Gasteiger charge is -2.26. The smallest absolute Gasteiger partial charge is 0.358 e. The van der Waals surface area contributed by atoms with Crippen LogP contribution in [0.4, 0.5) is 8.78 Å². The number of fused-ring (bicyclic) bond motifs is 1. The van der Waals surface area contributed by atoms with Crippen LogP contribution in [-0.2, 0) is 14.3 Å². The monoisotopic (exact) mass is 577 g/mol. The highest BCUT2D eigenvalue weighted by atomic mass is 79.9. The molecule has 0 aliphatic heterocycles. The highest BCUT2D eigenvalue weighted by Gasteiger charge is 2.44. The van der Waals surface area contributed by atoms with Gasteiger partial charge in [0.25, 0.3) is 0 Å². The van der Waals surface area contributed by atoms with Gasteiger partial charge in [0.15, 0.2) is 5.16 Å². The average Bonchev–Trinajstić information content (AvgIpc) is 3.13. The molecule has 2 aromatic carbocycles. The molecule has 1 heterocycles. The van der Waals surface area contributed by atoms with E-state index in [1.165, 1.54) is 10.8 Å². The fourth-order valence-corrected chi connectivity index (χ4v) is 5.04. The van der Waals surface area contributed by atoms with Crippen LogP contribution in [0.3, 0.4) is 0 Å². The molecule has 36 heavy (non-hydrogen) atoms. The Morgan fingerprint density at radius 1 is 1.17 bits per heavy atom. The average molecular weight is 578 g/mol. The Morgan fingerprint density at radius 3 is 2.39 bits per heavy atom. The molecule has 1 atom stereocenters. The van der Waals surface area contributed by atoms with Gasteiger partial charge in [-0.3, -0.25) is 14.2 Å². The van der Waals surface area contributed by atoms with Crippen LogP contribution in [0.1, 0.15) is 46.6 Å². The van der Waals surface area contributed by atoms with Crippen LogP contribution in [-0.4, -0.2) is 32.2 Å². The first-order chi connectivity index (χ1) is 16.7. The summed E-state index contributed by atoms with van der Waals surface area (Å²) in [7, 11) is 0. The van der Waals surface area contributed by atoms with Crippen molar-refractivity contribution in [2.24, 2.45) is 11.8 Å². The third-order valence-electron chi connectivity index (χ3n) is 5.41. The largest absolute Gasteiger partial charge is 0.460 e. The number of hydrogen-bond donors (Lipinski definition) is 0. The molecule has 0 unspecified atom stereocenters. The molecular formula is C26H26BrF2N3O3S. The van der Waals surface area contributed by atoms with Crippen LogP contribution in [0.2, 0.25) is 0 Å². The summed E-state index contributed by atoms with van der Waals surface area (Å²) >= 11 is 3.37. The van der Waals surface area contributed by atoms with Crippen molar-refractivity contribution in [2.45, 2.75) is 57.1 Å². The molecule has 0 aliphatic rings. The number of nitriles is 1. The Labute approximate surface area is 221 Å². The molecule has 0 aliphatic carbocycles. The summed E-state index contributed by atoms with van der Waals surface area (Å²) in [6.07, 6.45) is 0.710. The van der Waals surface area contributed by atoms with Crippen molar-refractivity contribution in [3.63, 3.8) is 0 Å². The highest BCUT2D eigenvalue weighted by Crippen LogP contribution is 2.41. The van der Waals surface area contributed by atoms with Gasteiger partial charge in [0.05, 0.1) is 29.4 Å². The number of Topliss-reactive ketones (excluding diaryl/α,β-unsaturated/α-hetero) is 1. The second-order valence-electron chi connectivity index (χ2n) is 9.62. The number of rotatable bonds is 8. The van der Waals surface area contributed by atoms with Crippen molar-refractivity contribution in [1.29, 1.82) is 5.26 Å². The quantitative estimate of drug-likeness (QED) is 0.213.